The summed E-state index contributed by atoms with van der Waals surface area (Å²) >= 11 is 0. The highest BCUT2D eigenvalue weighted by Crippen LogP contribution is 2.34. The van der Waals surface area contributed by atoms with E-state index in [4.69, 9.17) is 5.26 Å². The molecule has 4 rings (SSSR count). The van der Waals surface area contributed by atoms with Crippen LogP contribution in [0.2, 0.25) is 0 Å². The summed E-state index contributed by atoms with van der Waals surface area (Å²) in [4.78, 5) is 4.45. The van der Waals surface area contributed by atoms with Crippen molar-refractivity contribution in [1.29, 1.82) is 5.26 Å². The lowest BCUT2D eigenvalue weighted by Gasteiger charge is -2.09. The number of nitriles is 1. The lowest BCUT2D eigenvalue weighted by Crippen LogP contribution is -2.04. The lowest BCUT2D eigenvalue weighted by molar-refractivity contribution is 0.749. The van der Waals surface area contributed by atoms with Crippen LogP contribution in [0.1, 0.15) is 28.9 Å². The molecule has 102 valence electrons. The van der Waals surface area contributed by atoms with Crippen molar-refractivity contribution in [3.8, 4) is 6.07 Å². The smallest absolute Gasteiger partial charge is 0.0991 e. The van der Waals surface area contributed by atoms with Gasteiger partial charge in [0.25, 0.3) is 0 Å². The van der Waals surface area contributed by atoms with E-state index in [9.17, 15) is 0 Å². The van der Waals surface area contributed by atoms with Crippen LogP contribution in [0, 0.1) is 11.3 Å². The highest BCUT2D eigenvalue weighted by atomic mass is 15.0. The van der Waals surface area contributed by atoms with E-state index >= 15 is 0 Å². The minimum atomic E-state index is 0.743. The minimum absolute atomic E-state index is 0.743. The second kappa shape index (κ2) is 4.75. The van der Waals surface area contributed by atoms with Crippen LogP contribution in [0.25, 0.3) is 10.9 Å². The largest absolute Gasteiger partial charge is 0.338 e. The molecule has 2 heterocycles. The Balaban J connectivity index is 1.91. The summed E-state index contributed by atoms with van der Waals surface area (Å²) in [6.45, 7) is 0.804. The molecule has 0 radical (unpaired) electrons. The second-order valence-electron chi connectivity index (χ2n) is 5.53. The Kier molecular flexibility index (Phi) is 2.75. The number of pyridine rings is 1. The summed E-state index contributed by atoms with van der Waals surface area (Å²) in [6.07, 6.45) is 5.29. The summed E-state index contributed by atoms with van der Waals surface area (Å²) in [5.41, 5.74) is 5.90. The third-order valence-corrected chi connectivity index (χ3v) is 4.30. The molecule has 3 nitrogen and oxygen atoms in total. The number of nitrogens with zero attached hydrogens (tertiary/aromatic N) is 3. The maximum atomic E-state index is 9.12. The summed E-state index contributed by atoms with van der Waals surface area (Å²) in [7, 11) is 0. The fraction of sp³-hybridized carbons (Fsp3) is 0.222. The van der Waals surface area contributed by atoms with Crippen LogP contribution in [-0.2, 0) is 19.4 Å². The van der Waals surface area contributed by atoms with Crippen LogP contribution in [0.15, 0.2) is 42.6 Å². The highest BCUT2D eigenvalue weighted by molar-refractivity contribution is 5.87. The molecular weight excluding hydrogens is 258 g/mol. The zero-order chi connectivity index (χ0) is 14.2. The highest BCUT2D eigenvalue weighted by Gasteiger charge is 2.21. The summed E-state index contributed by atoms with van der Waals surface area (Å²) in [5.74, 6) is 0. The van der Waals surface area contributed by atoms with Gasteiger partial charge in [0.1, 0.15) is 0 Å². The molecule has 2 aromatic heterocycles. The third kappa shape index (κ3) is 1.92. The van der Waals surface area contributed by atoms with Gasteiger partial charge in [-0.3, -0.25) is 4.98 Å². The Bertz CT molecular complexity index is 854. The molecule has 3 aromatic rings. The zero-order valence-electron chi connectivity index (χ0n) is 11.7. The summed E-state index contributed by atoms with van der Waals surface area (Å²) in [5, 5.41) is 10.4. The van der Waals surface area contributed by atoms with Gasteiger partial charge in [-0.1, -0.05) is 6.07 Å². The molecule has 0 spiro atoms. The topological polar surface area (TPSA) is 41.6 Å². The number of benzene rings is 1. The first kappa shape index (κ1) is 12.2. The van der Waals surface area contributed by atoms with Crippen molar-refractivity contribution in [3.05, 3.63) is 65.1 Å². The Labute approximate surface area is 123 Å². The molecule has 0 fully saturated rings. The van der Waals surface area contributed by atoms with Gasteiger partial charge in [0.15, 0.2) is 0 Å². The van der Waals surface area contributed by atoms with E-state index in [0.29, 0.717) is 0 Å². The monoisotopic (exact) mass is 273 g/mol. The molecule has 0 saturated heterocycles. The standard InChI is InChI=1S/C18H15N3/c19-11-13-7-8-18-16(10-13)15-5-3-6-17(15)21(18)12-14-4-1-2-9-20-14/h1-2,4,7-10H,3,5-6,12H2. The van der Waals surface area contributed by atoms with E-state index in [1.54, 1.807) is 0 Å². The first-order valence-electron chi connectivity index (χ1n) is 7.31. The molecule has 0 saturated carbocycles. The molecule has 0 bridgehead atoms. The maximum absolute atomic E-state index is 9.12. The molecule has 21 heavy (non-hydrogen) atoms. The number of fused-ring (bicyclic) bond motifs is 3. The summed E-state index contributed by atoms with van der Waals surface area (Å²) in [6, 6.07) is 14.3. The minimum Gasteiger partial charge on any atom is -0.338 e. The maximum Gasteiger partial charge on any atom is 0.0991 e. The van der Waals surface area contributed by atoms with Gasteiger partial charge in [-0.15, -0.1) is 0 Å². The van der Waals surface area contributed by atoms with Crippen molar-refractivity contribution in [2.45, 2.75) is 25.8 Å². The van der Waals surface area contributed by atoms with Crippen molar-refractivity contribution in [2.75, 3.05) is 0 Å². The van der Waals surface area contributed by atoms with Crippen LogP contribution < -0.4 is 0 Å². The molecule has 0 atom stereocenters. The predicted molar refractivity (Wildman–Crippen MR) is 82.0 cm³/mol. The number of aromatic nitrogens is 2. The average Bonchev–Trinajstić information content (AvgIpc) is 3.11. The second-order valence-corrected chi connectivity index (χ2v) is 5.53. The third-order valence-electron chi connectivity index (χ3n) is 4.30. The van der Waals surface area contributed by atoms with Gasteiger partial charge in [-0.05, 0) is 55.2 Å². The fourth-order valence-corrected chi connectivity index (χ4v) is 3.38. The molecule has 3 heteroatoms. The van der Waals surface area contributed by atoms with Gasteiger partial charge in [-0.2, -0.15) is 5.26 Å². The van der Waals surface area contributed by atoms with Gasteiger partial charge in [0, 0.05) is 22.8 Å². The molecular formula is C18H15N3. The van der Waals surface area contributed by atoms with Gasteiger partial charge in [-0.25, -0.2) is 0 Å². The zero-order valence-corrected chi connectivity index (χ0v) is 11.7. The van der Waals surface area contributed by atoms with Crippen LogP contribution in [0.4, 0.5) is 0 Å². The van der Waals surface area contributed by atoms with E-state index in [1.807, 2.05) is 30.5 Å². The number of aryl methyl sites for hydroxylation is 1. The Morgan fingerprint density at radius 2 is 2.14 bits per heavy atom. The Hall–Kier alpha value is -2.60. The van der Waals surface area contributed by atoms with Crippen molar-refractivity contribution in [2.24, 2.45) is 0 Å². The van der Waals surface area contributed by atoms with Gasteiger partial charge in [0.05, 0.1) is 23.9 Å². The van der Waals surface area contributed by atoms with Crippen molar-refractivity contribution >= 4 is 10.9 Å². The normalized spacial score (nSPS) is 13.3. The molecule has 0 aliphatic heterocycles. The summed E-state index contributed by atoms with van der Waals surface area (Å²) < 4.78 is 2.38. The first-order valence-corrected chi connectivity index (χ1v) is 7.31. The molecule has 0 N–H and O–H groups in total. The number of hydrogen-bond donors (Lipinski definition) is 0. The van der Waals surface area contributed by atoms with E-state index in [2.05, 4.69) is 27.8 Å². The van der Waals surface area contributed by atoms with E-state index < -0.39 is 0 Å². The lowest BCUT2D eigenvalue weighted by atomic mass is 10.1. The molecule has 1 aliphatic rings. The number of hydrogen-bond acceptors (Lipinski definition) is 2. The van der Waals surface area contributed by atoms with Crippen LogP contribution in [0.5, 0.6) is 0 Å². The molecule has 1 aromatic carbocycles. The van der Waals surface area contributed by atoms with Gasteiger partial charge >= 0.3 is 0 Å². The fourth-order valence-electron chi connectivity index (χ4n) is 3.38. The molecule has 1 aliphatic carbocycles. The van der Waals surface area contributed by atoms with Gasteiger partial charge < -0.3 is 4.57 Å². The van der Waals surface area contributed by atoms with Crippen molar-refractivity contribution in [1.82, 2.24) is 9.55 Å². The van der Waals surface area contributed by atoms with Crippen LogP contribution >= 0.6 is 0 Å². The average molecular weight is 273 g/mol. The van der Waals surface area contributed by atoms with Crippen LogP contribution in [0.3, 0.4) is 0 Å². The molecule has 0 amide bonds. The van der Waals surface area contributed by atoms with E-state index in [1.165, 1.54) is 28.6 Å². The molecule has 0 unspecified atom stereocenters. The Morgan fingerprint density at radius 3 is 2.95 bits per heavy atom. The van der Waals surface area contributed by atoms with E-state index in [0.717, 1.165) is 30.6 Å². The van der Waals surface area contributed by atoms with Crippen LogP contribution in [-0.4, -0.2) is 9.55 Å². The van der Waals surface area contributed by atoms with Crippen molar-refractivity contribution < 1.29 is 0 Å². The number of rotatable bonds is 2. The first-order chi connectivity index (χ1) is 10.4. The Morgan fingerprint density at radius 1 is 1.19 bits per heavy atom. The predicted octanol–water partition coefficient (Wildman–Crippen LogP) is 3.44. The van der Waals surface area contributed by atoms with Crippen molar-refractivity contribution in [3.63, 3.8) is 0 Å². The quantitative estimate of drug-likeness (QED) is 0.717. The van der Waals surface area contributed by atoms with E-state index in [-0.39, 0.29) is 0 Å². The van der Waals surface area contributed by atoms with Gasteiger partial charge in [0.2, 0.25) is 0 Å². The SMILES string of the molecule is N#Cc1ccc2c(c1)c1c(n2Cc2ccccn2)CCC1.